The number of pyridine rings is 4. The quantitative estimate of drug-likeness (QED) is 0.114. The molecule has 0 N–H and O–H groups in total. The summed E-state index contributed by atoms with van der Waals surface area (Å²) < 4.78 is 0. The zero-order valence-electron chi connectivity index (χ0n) is 79.7. The molecule has 8 aromatic heterocycles. The SMILES string of the molecule is CC1(C)c2ccccc2-c2ccc(-c3nc4ccccc4nc3-c3ccc(-c4ccccn4)cc3)cc21.CC1(C)c2ccccc2-c2ccc(-c3nc4ccccc4nc3-c3ccc(-c4cccnc4)cc3)cc21.CC1(C)c2ccccc2-c2ccc(-c3nc4ccccc4nc3-c3ccc(-c4ccncc4)cc3)cc21.c1ccc2c(-c3nc4ccccc4nc3-c3ccc(-c4ccncc4)cc3)cccc2c1. The Morgan fingerprint density at radius 1 is 0.161 bits per heavy atom. The predicted octanol–water partition coefficient (Wildman–Crippen LogP) is 32.2. The van der Waals surface area contributed by atoms with Gasteiger partial charge >= 0.3 is 0 Å². The summed E-state index contributed by atoms with van der Waals surface area (Å²) in [6, 6.07) is 146. The van der Waals surface area contributed by atoms with Crippen molar-refractivity contribution in [1.29, 1.82) is 0 Å². The lowest BCUT2D eigenvalue weighted by Crippen LogP contribution is -2.15. The van der Waals surface area contributed by atoms with Crippen LogP contribution in [0.4, 0.5) is 0 Å². The number of hydrogen-bond donors (Lipinski definition) is 0. The fourth-order valence-corrected chi connectivity index (χ4v) is 21.0. The van der Waals surface area contributed by atoms with E-state index < -0.39 is 0 Å². The van der Waals surface area contributed by atoms with Crippen LogP contribution in [-0.2, 0) is 16.2 Å². The van der Waals surface area contributed by atoms with Crippen molar-refractivity contribution in [1.82, 2.24) is 59.8 Å². The van der Waals surface area contributed by atoms with Gasteiger partial charge in [0.05, 0.1) is 95.4 Å². The molecule has 0 atom stereocenters. The van der Waals surface area contributed by atoms with Crippen LogP contribution in [0.1, 0.15) is 74.9 Å². The van der Waals surface area contributed by atoms with E-state index in [1.165, 1.54) is 77.5 Å². The van der Waals surface area contributed by atoms with E-state index in [1.807, 2.05) is 183 Å². The molecule has 0 saturated heterocycles. The molecule has 3 aliphatic rings. The first kappa shape index (κ1) is 87.5. The molecular formula is C131H94N12. The largest absolute Gasteiger partial charge is 0.265 e. The highest BCUT2D eigenvalue weighted by atomic mass is 14.9. The number of rotatable bonds is 12. The van der Waals surface area contributed by atoms with Gasteiger partial charge < -0.3 is 0 Å². The molecule has 143 heavy (non-hydrogen) atoms. The molecule has 678 valence electrons. The Labute approximate surface area is 830 Å². The van der Waals surface area contributed by atoms with Crippen LogP contribution >= 0.6 is 0 Å². The molecule has 12 heteroatoms. The fraction of sp³-hybridized carbons (Fsp3) is 0.0687. The van der Waals surface area contributed by atoms with E-state index >= 15 is 0 Å². The number of benzene rings is 16. The Balaban J connectivity index is 0.000000103. The summed E-state index contributed by atoms with van der Waals surface area (Å²) in [5, 5.41) is 2.37. The van der Waals surface area contributed by atoms with E-state index in [9.17, 15) is 0 Å². The van der Waals surface area contributed by atoms with Gasteiger partial charge in [0.25, 0.3) is 0 Å². The molecule has 0 amide bonds. The van der Waals surface area contributed by atoms with E-state index in [1.54, 1.807) is 6.20 Å². The first-order chi connectivity index (χ1) is 70.1. The molecule has 16 aromatic carbocycles. The van der Waals surface area contributed by atoms with Crippen molar-refractivity contribution < 1.29 is 0 Å². The second kappa shape index (κ2) is 36.6. The Bertz CT molecular complexity index is 8360. The van der Waals surface area contributed by atoms with Gasteiger partial charge in [-0.3, -0.25) is 19.9 Å². The van der Waals surface area contributed by atoms with E-state index in [2.05, 4.69) is 334 Å². The first-order valence-electron chi connectivity index (χ1n) is 48.5. The zero-order chi connectivity index (χ0) is 96.3. The summed E-state index contributed by atoms with van der Waals surface area (Å²) in [6.07, 6.45) is 12.8. The molecular weight excluding hydrogens is 1740 g/mol. The van der Waals surface area contributed by atoms with Crippen LogP contribution in [0.2, 0.25) is 0 Å². The summed E-state index contributed by atoms with van der Waals surface area (Å²) in [4.78, 5) is 58.0. The van der Waals surface area contributed by atoms with Crippen LogP contribution < -0.4 is 0 Å². The third-order valence-corrected chi connectivity index (χ3v) is 28.5. The molecule has 0 unspecified atom stereocenters. The van der Waals surface area contributed by atoms with Crippen LogP contribution in [0.5, 0.6) is 0 Å². The summed E-state index contributed by atoms with van der Waals surface area (Å²) >= 11 is 0. The van der Waals surface area contributed by atoms with Gasteiger partial charge in [0, 0.05) is 110 Å². The van der Waals surface area contributed by atoms with Crippen molar-refractivity contribution in [3.63, 3.8) is 0 Å². The molecule has 3 aliphatic carbocycles. The van der Waals surface area contributed by atoms with Crippen LogP contribution in [0.25, 0.3) is 223 Å². The monoisotopic (exact) mass is 1830 g/mol. The lowest BCUT2D eigenvalue weighted by atomic mass is 9.81. The van der Waals surface area contributed by atoms with Gasteiger partial charge in [0.15, 0.2) is 0 Å². The normalized spacial score (nSPS) is 12.9. The minimum Gasteiger partial charge on any atom is -0.265 e. The number of nitrogens with zero attached hydrogens (tertiary/aromatic N) is 12. The minimum atomic E-state index is -0.0727. The van der Waals surface area contributed by atoms with Gasteiger partial charge in [-0.25, -0.2) is 39.9 Å². The molecule has 0 saturated carbocycles. The highest BCUT2D eigenvalue weighted by Crippen LogP contribution is 2.54. The van der Waals surface area contributed by atoms with E-state index in [-0.39, 0.29) is 16.2 Å². The molecule has 0 aliphatic heterocycles. The Morgan fingerprint density at radius 3 is 0.790 bits per heavy atom. The third-order valence-electron chi connectivity index (χ3n) is 28.5. The molecule has 0 fully saturated rings. The minimum absolute atomic E-state index is 0.0709. The molecule has 27 rings (SSSR count). The Kier molecular flexibility index (Phi) is 22.4. The molecule has 12 nitrogen and oxygen atoms in total. The zero-order valence-corrected chi connectivity index (χ0v) is 79.7. The van der Waals surface area contributed by atoms with Crippen LogP contribution in [0, 0.1) is 0 Å². The van der Waals surface area contributed by atoms with Gasteiger partial charge in [-0.1, -0.05) is 351 Å². The molecule has 0 bridgehead atoms. The predicted molar refractivity (Wildman–Crippen MR) is 585 cm³/mol. The molecule has 0 spiro atoms. The maximum atomic E-state index is 5.15. The third kappa shape index (κ3) is 16.4. The van der Waals surface area contributed by atoms with Crippen LogP contribution in [0.3, 0.4) is 0 Å². The van der Waals surface area contributed by atoms with Gasteiger partial charge in [-0.15, -0.1) is 0 Å². The second-order valence-electron chi connectivity index (χ2n) is 38.2. The van der Waals surface area contributed by atoms with Crippen molar-refractivity contribution in [2.45, 2.75) is 57.8 Å². The van der Waals surface area contributed by atoms with E-state index in [0.717, 1.165) is 179 Å². The molecule has 8 heterocycles. The fourth-order valence-electron chi connectivity index (χ4n) is 21.0. The summed E-state index contributed by atoms with van der Waals surface area (Å²) in [5.74, 6) is 0. The smallest absolute Gasteiger partial charge is 0.0979 e. The summed E-state index contributed by atoms with van der Waals surface area (Å²) in [7, 11) is 0. The van der Waals surface area contributed by atoms with Crippen molar-refractivity contribution >= 4 is 54.9 Å². The average Bonchev–Trinajstić information content (AvgIpc) is 1.35. The molecule has 0 radical (unpaired) electrons. The number of fused-ring (bicyclic) bond motifs is 14. The number of hydrogen-bond acceptors (Lipinski definition) is 12. The first-order valence-corrected chi connectivity index (χ1v) is 48.5. The van der Waals surface area contributed by atoms with Crippen LogP contribution in [-0.4, -0.2) is 59.8 Å². The number of aromatic nitrogens is 12. The Morgan fingerprint density at radius 2 is 0.434 bits per heavy atom. The highest BCUT2D eigenvalue weighted by Gasteiger charge is 2.39. The summed E-state index contributed by atoms with van der Waals surface area (Å²) in [6.45, 7) is 13.9. The lowest BCUT2D eigenvalue weighted by molar-refractivity contribution is 0.660. The van der Waals surface area contributed by atoms with Crippen molar-refractivity contribution in [3.05, 3.63) is 495 Å². The highest BCUT2D eigenvalue weighted by molar-refractivity contribution is 6.01. The van der Waals surface area contributed by atoms with Gasteiger partial charge in [0.2, 0.25) is 0 Å². The van der Waals surface area contributed by atoms with Crippen molar-refractivity contribution in [3.8, 4) is 168 Å². The van der Waals surface area contributed by atoms with Gasteiger partial charge in [-0.2, -0.15) is 0 Å². The number of para-hydroxylation sites is 8. The van der Waals surface area contributed by atoms with E-state index in [0.29, 0.717) is 0 Å². The molecule has 24 aromatic rings. The van der Waals surface area contributed by atoms with Crippen molar-refractivity contribution in [2.75, 3.05) is 0 Å². The average molecular weight is 1840 g/mol. The summed E-state index contributed by atoms with van der Waals surface area (Å²) in [5.41, 5.74) is 47.5. The lowest BCUT2D eigenvalue weighted by Gasteiger charge is -2.22. The topological polar surface area (TPSA) is 155 Å². The maximum absolute atomic E-state index is 5.15. The Hall–Kier alpha value is -18.3. The van der Waals surface area contributed by atoms with Crippen molar-refractivity contribution in [2.24, 2.45) is 0 Å². The van der Waals surface area contributed by atoms with Crippen LogP contribution in [0.15, 0.2) is 462 Å². The van der Waals surface area contributed by atoms with E-state index in [4.69, 9.17) is 39.9 Å². The van der Waals surface area contributed by atoms with Gasteiger partial charge in [0.1, 0.15) is 0 Å². The standard InChI is InChI=1S/3C34H25N3.C29H19N3/c1-34(2)27-10-4-3-9-25(27)26-19-18-24(21-28(26)34)33-32(36-30-12-5-6-13-31(30)37-33)23-16-14-22(15-17-23)29-11-7-8-20-35-29;1-34(2)28-10-4-3-9-26(28)27-18-17-24(20-29(27)34)33-32(36-30-11-5-6-12-31(30)37-33)23-15-13-22(14-16-23)25-8-7-19-35-21-25;1-34(2)28-8-4-3-7-26(28)27-16-15-25(21-29(27)34)33-32(36-30-9-5-6-10-31(30)37-33)24-13-11-22(12-14-24)23-17-19-35-20-18-23;1-2-8-24-22(6-1)7-5-9-25(24)29-28(31-26-10-3-4-11-27(26)32-29)23-14-12-20(13-15-23)21-16-18-30-19-17-21/h3*3-21H,1-2H3;1-19H. The maximum Gasteiger partial charge on any atom is 0.0979 e. The van der Waals surface area contributed by atoms with Gasteiger partial charge in [-0.05, 0) is 220 Å². The second-order valence-corrected chi connectivity index (χ2v) is 38.2.